The highest BCUT2D eigenvalue weighted by molar-refractivity contribution is 5.92. The van der Waals surface area contributed by atoms with E-state index in [2.05, 4.69) is 39.1 Å². The lowest BCUT2D eigenvalue weighted by atomic mass is 9.94. The molecule has 42 heavy (non-hydrogen) atoms. The fourth-order valence-corrected chi connectivity index (χ4v) is 5.14. The third kappa shape index (κ3) is 10.2. The minimum Gasteiger partial charge on any atom is -0.467 e. The molecule has 0 spiro atoms. The van der Waals surface area contributed by atoms with Gasteiger partial charge in [0.2, 0.25) is 17.7 Å². The number of esters is 1. The standard InChI is InChI=1S/C32H51N5O5/c1-19(2)27(31(40)36-28(20(3)4)32(41)42-8)35-30(39)23(7)37-15-14-26(22(6)34-29(38)21(5)33)17-25(18-37)16-24-12-10-9-11-13-24/h9-13,17,19-23,25,27-28H,14-16,18,33H2,1-8H3,(H,34,38)(H,35,39)(H,36,40)/t21-,22-,23-,25+,27-,28-/m0/s1. The summed E-state index contributed by atoms with van der Waals surface area (Å²) in [5.74, 6) is -1.69. The van der Waals surface area contributed by atoms with E-state index in [0.29, 0.717) is 19.5 Å². The molecule has 1 aromatic rings. The van der Waals surface area contributed by atoms with Crippen molar-refractivity contribution in [2.75, 3.05) is 20.2 Å². The highest BCUT2D eigenvalue weighted by atomic mass is 16.5. The van der Waals surface area contributed by atoms with Crippen LogP contribution in [0, 0.1) is 17.8 Å². The zero-order valence-corrected chi connectivity index (χ0v) is 26.5. The van der Waals surface area contributed by atoms with Gasteiger partial charge in [-0.1, -0.05) is 69.7 Å². The summed E-state index contributed by atoms with van der Waals surface area (Å²) in [6.45, 7) is 14.1. The number of benzene rings is 1. The average molecular weight is 586 g/mol. The van der Waals surface area contributed by atoms with E-state index in [1.54, 1.807) is 6.92 Å². The molecule has 0 fully saturated rings. The maximum Gasteiger partial charge on any atom is 0.328 e. The van der Waals surface area contributed by atoms with Crippen LogP contribution < -0.4 is 21.7 Å². The van der Waals surface area contributed by atoms with Gasteiger partial charge in [-0.15, -0.1) is 0 Å². The summed E-state index contributed by atoms with van der Waals surface area (Å²) in [6.07, 6.45) is 3.68. The van der Waals surface area contributed by atoms with Crippen LogP contribution in [0.1, 0.15) is 60.5 Å². The fraction of sp³-hybridized carbons (Fsp3) is 0.625. The van der Waals surface area contributed by atoms with Gasteiger partial charge in [0, 0.05) is 19.1 Å². The lowest BCUT2D eigenvalue weighted by Gasteiger charge is -2.32. The van der Waals surface area contributed by atoms with Crippen molar-refractivity contribution in [3.05, 3.63) is 47.5 Å². The summed E-state index contributed by atoms with van der Waals surface area (Å²) < 4.78 is 4.85. The number of amides is 3. The number of carbonyl (C=O) groups is 4. The van der Waals surface area contributed by atoms with Gasteiger partial charge in [-0.3, -0.25) is 19.3 Å². The minimum absolute atomic E-state index is 0.103. The highest BCUT2D eigenvalue weighted by Gasteiger charge is 2.34. The lowest BCUT2D eigenvalue weighted by molar-refractivity contribution is -0.147. The van der Waals surface area contributed by atoms with Crippen molar-refractivity contribution >= 4 is 23.7 Å². The molecular weight excluding hydrogens is 534 g/mol. The summed E-state index contributed by atoms with van der Waals surface area (Å²) in [7, 11) is 1.28. The smallest absolute Gasteiger partial charge is 0.328 e. The molecule has 5 N–H and O–H groups in total. The van der Waals surface area contributed by atoms with E-state index in [0.717, 1.165) is 12.0 Å². The Hall–Kier alpha value is -3.24. The monoisotopic (exact) mass is 585 g/mol. The van der Waals surface area contributed by atoms with Crippen LogP contribution in [0.5, 0.6) is 0 Å². The fourth-order valence-electron chi connectivity index (χ4n) is 5.14. The van der Waals surface area contributed by atoms with E-state index in [9.17, 15) is 19.2 Å². The number of carbonyl (C=O) groups excluding carboxylic acids is 4. The first-order chi connectivity index (χ1) is 19.7. The second-order valence-electron chi connectivity index (χ2n) is 12.1. The molecule has 0 saturated carbocycles. The minimum atomic E-state index is -0.819. The van der Waals surface area contributed by atoms with Crippen LogP contribution in [0.25, 0.3) is 0 Å². The molecule has 0 unspecified atom stereocenters. The molecule has 2 rings (SSSR count). The van der Waals surface area contributed by atoms with Gasteiger partial charge < -0.3 is 26.4 Å². The third-order valence-electron chi connectivity index (χ3n) is 7.87. The van der Waals surface area contributed by atoms with Crippen LogP contribution in [-0.4, -0.2) is 79.0 Å². The molecule has 0 aromatic heterocycles. The largest absolute Gasteiger partial charge is 0.467 e. The van der Waals surface area contributed by atoms with Crippen LogP contribution in [0.2, 0.25) is 0 Å². The number of rotatable bonds is 13. The number of hydrogen-bond acceptors (Lipinski definition) is 7. The van der Waals surface area contributed by atoms with Gasteiger partial charge >= 0.3 is 5.97 Å². The molecule has 3 amide bonds. The molecule has 1 heterocycles. The SMILES string of the molecule is COC(=O)[C@@H](NC(=O)[C@@H](NC(=O)[C@H](C)N1CCC([C@H](C)NC(=O)[C@H](C)N)=C[C@@H](Cc2ccccc2)C1)C(C)C)C(C)C. The van der Waals surface area contributed by atoms with E-state index in [4.69, 9.17) is 10.5 Å². The Morgan fingerprint density at radius 2 is 1.48 bits per heavy atom. The average Bonchev–Trinajstić information content (AvgIpc) is 3.16. The predicted octanol–water partition coefficient (Wildman–Crippen LogP) is 2.17. The number of ether oxygens (including phenoxy) is 1. The Labute approximate surface area is 251 Å². The first-order valence-electron chi connectivity index (χ1n) is 15.0. The summed E-state index contributed by atoms with van der Waals surface area (Å²) in [5, 5.41) is 8.71. The molecule has 0 saturated heterocycles. The topological polar surface area (TPSA) is 143 Å². The molecule has 10 heteroatoms. The van der Waals surface area contributed by atoms with E-state index < -0.39 is 36.0 Å². The number of hydrogen-bond donors (Lipinski definition) is 4. The van der Waals surface area contributed by atoms with Crippen LogP contribution in [-0.2, 0) is 30.3 Å². The predicted molar refractivity (Wildman–Crippen MR) is 164 cm³/mol. The second-order valence-corrected chi connectivity index (χ2v) is 12.1. The summed E-state index contributed by atoms with van der Waals surface area (Å²) >= 11 is 0. The maximum absolute atomic E-state index is 13.6. The van der Waals surface area contributed by atoms with Crippen molar-refractivity contribution < 1.29 is 23.9 Å². The first kappa shape index (κ1) is 35.0. The van der Waals surface area contributed by atoms with Gasteiger partial charge in [-0.05, 0) is 56.9 Å². The zero-order valence-electron chi connectivity index (χ0n) is 26.5. The quantitative estimate of drug-likeness (QED) is 0.205. The Morgan fingerprint density at radius 3 is 2.02 bits per heavy atom. The molecule has 10 nitrogen and oxygen atoms in total. The van der Waals surface area contributed by atoms with Crippen molar-refractivity contribution in [3.8, 4) is 0 Å². The number of nitrogens with zero attached hydrogens (tertiary/aromatic N) is 1. The number of nitrogens with one attached hydrogen (secondary N) is 3. The molecule has 0 aliphatic carbocycles. The summed E-state index contributed by atoms with van der Waals surface area (Å²) in [5.41, 5.74) is 8.06. The number of methoxy groups -OCH3 is 1. The van der Waals surface area contributed by atoms with E-state index in [1.165, 1.54) is 12.7 Å². The molecule has 0 radical (unpaired) electrons. The summed E-state index contributed by atoms with van der Waals surface area (Å²) in [4.78, 5) is 53.4. The van der Waals surface area contributed by atoms with Crippen molar-refractivity contribution in [3.63, 3.8) is 0 Å². The highest BCUT2D eigenvalue weighted by Crippen LogP contribution is 2.23. The molecule has 234 valence electrons. The van der Waals surface area contributed by atoms with Crippen molar-refractivity contribution in [2.24, 2.45) is 23.5 Å². The van der Waals surface area contributed by atoms with Gasteiger partial charge in [0.1, 0.15) is 12.1 Å². The van der Waals surface area contributed by atoms with Gasteiger partial charge in [0.15, 0.2) is 0 Å². The molecule has 1 aromatic carbocycles. The van der Waals surface area contributed by atoms with Gasteiger partial charge in [0.05, 0.1) is 19.2 Å². The third-order valence-corrected chi connectivity index (χ3v) is 7.87. The van der Waals surface area contributed by atoms with Crippen molar-refractivity contribution in [1.82, 2.24) is 20.9 Å². The Kier molecular flexibility index (Phi) is 13.7. The van der Waals surface area contributed by atoms with Crippen molar-refractivity contribution in [1.29, 1.82) is 0 Å². The molecule has 1 aliphatic heterocycles. The van der Waals surface area contributed by atoms with Gasteiger partial charge in [-0.25, -0.2) is 4.79 Å². The van der Waals surface area contributed by atoms with Gasteiger partial charge in [-0.2, -0.15) is 0 Å². The molecule has 1 aliphatic rings. The maximum atomic E-state index is 13.6. The van der Waals surface area contributed by atoms with E-state index >= 15 is 0 Å². The molecular formula is C32H51N5O5. The Morgan fingerprint density at radius 1 is 0.881 bits per heavy atom. The Bertz CT molecular complexity index is 1090. The van der Waals surface area contributed by atoms with Crippen LogP contribution >= 0.6 is 0 Å². The van der Waals surface area contributed by atoms with E-state index in [-0.39, 0.29) is 35.6 Å². The Balaban J connectivity index is 2.21. The van der Waals surface area contributed by atoms with Gasteiger partial charge in [0.25, 0.3) is 0 Å². The van der Waals surface area contributed by atoms with Crippen LogP contribution in [0.4, 0.5) is 0 Å². The molecule has 6 atom stereocenters. The second kappa shape index (κ2) is 16.4. The normalized spacial score (nSPS) is 19.5. The van der Waals surface area contributed by atoms with E-state index in [1.807, 2.05) is 59.7 Å². The molecule has 0 bridgehead atoms. The summed E-state index contributed by atoms with van der Waals surface area (Å²) in [6, 6.07) is 7.25. The zero-order chi connectivity index (χ0) is 31.6. The first-order valence-corrected chi connectivity index (χ1v) is 15.0. The number of nitrogens with two attached hydrogens (primary N) is 1. The lowest BCUT2D eigenvalue weighted by Crippen LogP contribution is -2.58. The van der Waals surface area contributed by atoms with Crippen molar-refractivity contribution in [2.45, 2.75) is 91.5 Å². The van der Waals surface area contributed by atoms with Crippen LogP contribution in [0.15, 0.2) is 42.0 Å². The van der Waals surface area contributed by atoms with Crippen LogP contribution in [0.3, 0.4) is 0 Å².